The Morgan fingerprint density at radius 1 is 1.10 bits per heavy atom. The van der Waals surface area contributed by atoms with Crippen LogP contribution in [0.3, 0.4) is 0 Å². The van der Waals surface area contributed by atoms with Crippen LogP contribution in [-0.2, 0) is 10.2 Å². The Hall–Kier alpha value is -2.34. The van der Waals surface area contributed by atoms with E-state index in [2.05, 4.69) is 47.3 Å². The molecule has 156 valence electrons. The zero-order valence-electron chi connectivity index (χ0n) is 17.6. The Morgan fingerprint density at radius 3 is 2.41 bits per heavy atom. The average molecular weight is 461 g/mol. The van der Waals surface area contributed by atoms with E-state index in [1.165, 1.54) is 5.56 Å². The van der Waals surface area contributed by atoms with Crippen molar-refractivity contribution in [2.75, 3.05) is 18.5 Å². The largest absolute Gasteiger partial charge is 0.483 e. The molecule has 0 bridgehead atoms. The van der Waals surface area contributed by atoms with Crippen molar-refractivity contribution in [1.82, 2.24) is 5.32 Å². The number of halogens is 1. The fourth-order valence-corrected chi connectivity index (χ4v) is 3.09. The fraction of sp³-hybridized carbons (Fsp3) is 0.391. The summed E-state index contributed by atoms with van der Waals surface area (Å²) in [5.41, 5.74) is 2.09. The highest BCUT2D eigenvalue weighted by Crippen LogP contribution is 2.31. The van der Waals surface area contributed by atoms with Gasteiger partial charge in [0.25, 0.3) is 11.8 Å². The lowest BCUT2D eigenvalue weighted by atomic mass is 9.87. The number of benzene rings is 2. The molecule has 0 saturated carbocycles. The van der Waals surface area contributed by atoms with Crippen LogP contribution in [0.15, 0.2) is 46.9 Å². The van der Waals surface area contributed by atoms with Crippen molar-refractivity contribution < 1.29 is 14.3 Å². The van der Waals surface area contributed by atoms with Crippen LogP contribution >= 0.6 is 15.9 Å². The van der Waals surface area contributed by atoms with Gasteiger partial charge in [-0.15, -0.1) is 0 Å². The van der Waals surface area contributed by atoms with Crippen molar-refractivity contribution in [3.05, 3.63) is 58.1 Å². The van der Waals surface area contributed by atoms with Crippen LogP contribution < -0.4 is 15.4 Å². The summed E-state index contributed by atoms with van der Waals surface area (Å²) in [7, 11) is 0. The van der Waals surface area contributed by atoms with E-state index in [1.54, 1.807) is 24.3 Å². The molecule has 2 rings (SSSR count). The molecule has 0 radical (unpaired) electrons. The maximum atomic E-state index is 12.4. The van der Waals surface area contributed by atoms with Gasteiger partial charge in [-0.3, -0.25) is 9.59 Å². The predicted molar refractivity (Wildman–Crippen MR) is 121 cm³/mol. The number of hydrogen-bond donors (Lipinski definition) is 2. The molecule has 0 saturated heterocycles. The SMILES string of the molecule is CC(C)CNC(=O)c1ccccc1NC(=O)COc1ccc(C(C)(C)C)cc1Br. The highest BCUT2D eigenvalue weighted by atomic mass is 79.9. The van der Waals surface area contributed by atoms with E-state index in [0.29, 0.717) is 29.5 Å². The summed E-state index contributed by atoms with van der Waals surface area (Å²) in [6.45, 7) is 10.9. The van der Waals surface area contributed by atoms with E-state index in [1.807, 2.05) is 32.0 Å². The molecule has 2 aromatic rings. The number of anilines is 1. The minimum atomic E-state index is -0.332. The number of para-hydroxylation sites is 1. The van der Waals surface area contributed by atoms with Crippen molar-refractivity contribution in [3.63, 3.8) is 0 Å². The Balaban J connectivity index is 2.01. The molecule has 0 spiro atoms. The summed E-state index contributed by atoms with van der Waals surface area (Å²) in [6, 6.07) is 12.8. The Morgan fingerprint density at radius 2 is 1.79 bits per heavy atom. The second-order valence-electron chi connectivity index (χ2n) is 8.38. The van der Waals surface area contributed by atoms with Gasteiger partial charge < -0.3 is 15.4 Å². The van der Waals surface area contributed by atoms with Crippen molar-refractivity contribution in [1.29, 1.82) is 0 Å². The third-order valence-electron chi connectivity index (χ3n) is 4.27. The van der Waals surface area contributed by atoms with Crippen molar-refractivity contribution in [2.45, 2.75) is 40.0 Å². The van der Waals surface area contributed by atoms with E-state index >= 15 is 0 Å². The average Bonchev–Trinajstić information content (AvgIpc) is 2.64. The normalized spacial score (nSPS) is 11.3. The molecule has 0 aliphatic heterocycles. The molecule has 0 aromatic heterocycles. The molecule has 0 aliphatic rings. The third-order valence-corrected chi connectivity index (χ3v) is 4.89. The molecule has 0 unspecified atom stereocenters. The van der Waals surface area contributed by atoms with Crippen LogP contribution in [0.2, 0.25) is 0 Å². The van der Waals surface area contributed by atoms with Gasteiger partial charge in [-0.25, -0.2) is 0 Å². The summed E-state index contributed by atoms with van der Waals surface area (Å²) < 4.78 is 6.46. The van der Waals surface area contributed by atoms with Gasteiger partial charge in [-0.1, -0.05) is 52.8 Å². The van der Waals surface area contributed by atoms with Gasteiger partial charge in [0, 0.05) is 6.54 Å². The summed E-state index contributed by atoms with van der Waals surface area (Å²) >= 11 is 3.51. The first-order valence-electron chi connectivity index (χ1n) is 9.68. The zero-order chi connectivity index (χ0) is 21.6. The number of ether oxygens (including phenoxy) is 1. The number of carbonyl (C=O) groups excluding carboxylic acids is 2. The van der Waals surface area contributed by atoms with E-state index in [-0.39, 0.29) is 23.8 Å². The zero-order valence-corrected chi connectivity index (χ0v) is 19.2. The lowest BCUT2D eigenvalue weighted by molar-refractivity contribution is -0.118. The van der Waals surface area contributed by atoms with Gasteiger partial charge in [0.1, 0.15) is 5.75 Å². The smallest absolute Gasteiger partial charge is 0.262 e. The minimum absolute atomic E-state index is 0.0261. The first-order chi connectivity index (χ1) is 13.6. The van der Waals surface area contributed by atoms with E-state index < -0.39 is 0 Å². The Bertz CT molecular complexity index is 873. The Labute approximate surface area is 181 Å². The maximum Gasteiger partial charge on any atom is 0.262 e. The first kappa shape index (κ1) is 22.9. The number of hydrogen-bond acceptors (Lipinski definition) is 3. The van der Waals surface area contributed by atoms with Crippen molar-refractivity contribution >= 4 is 33.4 Å². The molecule has 0 atom stereocenters. The van der Waals surface area contributed by atoms with Gasteiger partial charge in [-0.05, 0) is 57.1 Å². The van der Waals surface area contributed by atoms with E-state index in [9.17, 15) is 9.59 Å². The standard InChI is InChI=1S/C23H29BrN2O3/c1-15(2)13-25-22(28)17-8-6-7-9-19(17)26-21(27)14-29-20-11-10-16(12-18(20)24)23(3,4)5/h6-12,15H,13-14H2,1-5H3,(H,25,28)(H,26,27). The highest BCUT2D eigenvalue weighted by molar-refractivity contribution is 9.10. The minimum Gasteiger partial charge on any atom is -0.483 e. The van der Waals surface area contributed by atoms with E-state index in [0.717, 1.165) is 4.47 Å². The van der Waals surface area contributed by atoms with Crippen LogP contribution in [-0.4, -0.2) is 25.0 Å². The van der Waals surface area contributed by atoms with Crippen LogP contribution in [0.25, 0.3) is 0 Å². The molecule has 0 heterocycles. The molecule has 0 aliphatic carbocycles. The fourth-order valence-electron chi connectivity index (χ4n) is 2.60. The summed E-state index contributed by atoms with van der Waals surface area (Å²) in [6.07, 6.45) is 0. The van der Waals surface area contributed by atoms with Crippen LogP contribution in [0.4, 0.5) is 5.69 Å². The molecule has 2 amide bonds. The van der Waals surface area contributed by atoms with Gasteiger partial charge in [0.15, 0.2) is 6.61 Å². The maximum absolute atomic E-state index is 12.4. The van der Waals surface area contributed by atoms with E-state index in [4.69, 9.17) is 4.74 Å². The van der Waals surface area contributed by atoms with Gasteiger partial charge in [-0.2, -0.15) is 0 Å². The summed E-state index contributed by atoms with van der Waals surface area (Å²) in [4.78, 5) is 24.8. The molecular weight excluding hydrogens is 432 g/mol. The van der Waals surface area contributed by atoms with Crippen molar-refractivity contribution in [2.24, 2.45) is 5.92 Å². The van der Waals surface area contributed by atoms with Crippen molar-refractivity contribution in [3.8, 4) is 5.75 Å². The topological polar surface area (TPSA) is 67.4 Å². The first-order valence-corrected chi connectivity index (χ1v) is 10.5. The lowest BCUT2D eigenvalue weighted by Gasteiger charge is -2.20. The third kappa shape index (κ3) is 6.89. The molecular formula is C23H29BrN2O3. The molecule has 2 aromatic carbocycles. The molecule has 0 fully saturated rings. The molecule has 2 N–H and O–H groups in total. The monoisotopic (exact) mass is 460 g/mol. The Kier molecular flexibility index (Phi) is 7.85. The molecule has 6 heteroatoms. The number of nitrogens with one attached hydrogen (secondary N) is 2. The quantitative estimate of drug-likeness (QED) is 0.600. The second-order valence-corrected chi connectivity index (χ2v) is 9.24. The summed E-state index contributed by atoms with van der Waals surface area (Å²) in [5, 5.41) is 5.63. The number of carbonyl (C=O) groups is 2. The predicted octanol–water partition coefficient (Wildman–Crippen LogP) is 5.15. The highest BCUT2D eigenvalue weighted by Gasteiger charge is 2.17. The van der Waals surface area contributed by atoms with Gasteiger partial charge in [0.05, 0.1) is 15.7 Å². The summed E-state index contributed by atoms with van der Waals surface area (Å²) in [5.74, 6) is 0.394. The van der Waals surface area contributed by atoms with Gasteiger partial charge in [0.2, 0.25) is 0 Å². The molecule has 29 heavy (non-hydrogen) atoms. The molecule has 5 nitrogen and oxygen atoms in total. The second kappa shape index (κ2) is 9.92. The number of rotatable bonds is 7. The number of amides is 2. The van der Waals surface area contributed by atoms with Crippen LogP contribution in [0.5, 0.6) is 5.75 Å². The van der Waals surface area contributed by atoms with Crippen LogP contribution in [0.1, 0.15) is 50.5 Å². The van der Waals surface area contributed by atoms with Gasteiger partial charge >= 0.3 is 0 Å². The van der Waals surface area contributed by atoms with Crippen LogP contribution in [0, 0.1) is 5.92 Å². The lowest BCUT2D eigenvalue weighted by Crippen LogP contribution is -2.29.